The van der Waals surface area contributed by atoms with Crippen LogP contribution in [0.25, 0.3) is 10.4 Å². The van der Waals surface area contributed by atoms with Crippen LogP contribution < -0.4 is 4.72 Å². The number of benzene rings is 1. The van der Waals surface area contributed by atoms with E-state index in [1.54, 1.807) is 0 Å². The molecule has 0 radical (unpaired) electrons. The molecule has 1 fully saturated rings. The van der Waals surface area contributed by atoms with E-state index in [-0.39, 0.29) is 30.1 Å². The maximum atomic E-state index is 12.8. The van der Waals surface area contributed by atoms with Gasteiger partial charge in [-0.2, -0.15) is 17.9 Å². The molecule has 0 spiro atoms. The Morgan fingerprint density at radius 3 is 2.27 bits per heavy atom. The molecule has 1 aromatic carbocycles. The zero-order valence-electron chi connectivity index (χ0n) is 17.3. The summed E-state index contributed by atoms with van der Waals surface area (Å²) in [6, 6.07) is 5.63. The fraction of sp³-hybridized carbons (Fsp3) is 0.400. The molecule has 1 aliphatic rings. The standard InChI is InChI=1S/C20H21F3N2O6S2/c1-31-19(28)25-10-8-13(9-11-25)17(18(26)27)24-33(29,30)16-7-6-15(32-16)12-2-4-14(5-3-12)20(21,22)23/h2-7,13,17,24H,8-11H2,1H3,(H,26,27)/t17-/m1/s1. The van der Waals surface area contributed by atoms with E-state index in [4.69, 9.17) is 0 Å². The third-order valence-electron chi connectivity index (χ3n) is 5.33. The molecule has 13 heteroatoms. The van der Waals surface area contributed by atoms with Gasteiger partial charge in [-0.15, -0.1) is 11.3 Å². The van der Waals surface area contributed by atoms with Crippen molar-refractivity contribution in [2.45, 2.75) is 29.3 Å². The number of thiophene rings is 1. The van der Waals surface area contributed by atoms with Crippen molar-refractivity contribution in [2.75, 3.05) is 20.2 Å². The lowest BCUT2D eigenvalue weighted by molar-refractivity contribution is -0.141. The minimum atomic E-state index is -4.48. The summed E-state index contributed by atoms with van der Waals surface area (Å²) in [5.41, 5.74) is -0.417. The maximum Gasteiger partial charge on any atom is 0.416 e. The van der Waals surface area contributed by atoms with Crippen LogP contribution in [0.15, 0.2) is 40.6 Å². The molecule has 2 heterocycles. The number of ether oxygens (including phenoxy) is 1. The van der Waals surface area contributed by atoms with Crippen molar-refractivity contribution in [3.8, 4) is 10.4 Å². The first kappa shape index (κ1) is 25.0. The lowest BCUT2D eigenvalue weighted by atomic mass is 9.90. The van der Waals surface area contributed by atoms with Crippen molar-refractivity contribution in [1.82, 2.24) is 9.62 Å². The van der Waals surface area contributed by atoms with Gasteiger partial charge < -0.3 is 14.7 Å². The average Bonchev–Trinajstić information content (AvgIpc) is 3.28. The number of carboxylic acid groups (broad SMARTS) is 1. The Hall–Kier alpha value is -2.64. The number of halogens is 3. The van der Waals surface area contributed by atoms with Crippen molar-refractivity contribution in [2.24, 2.45) is 5.92 Å². The number of piperidine rings is 1. The van der Waals surface area contributed by atoms with E-state index in [1.807, 2.05) is 0 Å². The topological polar surface area (TPSA) is 113 Å². The molecule has 0 bridgehead atoms. The van der Waals surface area contributed by atoms with Gasteiger partial charge in [0.15, 0.2) is 0 Å². The Bertz CT molecular complexity index is 1110. The van der Waals surface area contributed by atoms with Crippen LogP contribution in [0, 0.1) is 5.92 Å². The molecule has 2 N–H and O–H groups in total. The third-order valence-corrected chi connectivity index (χ3v) is 8.40. The van der Waals surface area contributed by atoms with Gasteiger partial charge in [-0.05, 0) is 48.6 Å². The highest BCUT2D eigenvalue weighted by Gasteiger charge is 2.36. The van der Waals surface area contributed by atoms with E-state index in [9.17, 15) is 36.3 Å². The van der Waals surface area contributed by atoms with E-state index in [1.165, 1.54) is 36.3 Å². The summed E-state index contributed by atoms with van der Waals surface area (Å²) in [6.07, 6.45) is -4.47. The number of amides is 1. The number of carbonyl (C=O) groups is 2. The summed E-state index contributed by atoms with van der Waals surface area (Å²) in [6.45, 7) is 0.472. The summed E-state index contributed by atoms with van der Waals surface area (Å²) >= 11 is 0.820. The molecule has 0 unspecified atom stereocenters. The maximum absolute atomic E-state index is 12.8. The summed E-state index contributed by atoms with van der Waals surface area (Å²) < 4.78 is 70.6. The van der Waals surface area contributed by atoms with Crippen molar-refractivity contribution in [3.63, 3.8) is 0 Å². The Labute approximate surface area is 192 Å². The van der Waals surface area contributed by atoms with Crippen molar-refractivity contribution < 1.29 is 41.0 Å². The van der Waals surface area contributed by atoms with E-state index in [0.29, 0.717) is 10.4 Å². The van der Waals surface area contributed by atoms with Gasteiger partial charge in [0.05, 0.1) is 12.7 Å². The molecule has 0 aliphatic carbocycles. The predicted octanol–water partition coefficient (Wildman–Crippen LogP) is 3.64. The molecular formula is C20H21F3N2O6S2. The van der Waals surface area contributed by atoms with Crippen LogP contribution in [-0.2, 0) is 25.7 Å². The number of hydrogen-bond acceptors (Lipinski definition) is 6. The Kier molecular flexibility index (Phi) is 7.34. The van der Waals surface area contributed by atoms with Crippen molar-refractivity contribution in [3.05, 3.63) is 42.0 Å². The molecule has 1 amide bonds. The highest BCUT2D eigenvalue weighted by atomic mass is 32.2. The second-order valence-electron chi connectivity index (χ2n) is 7.43. The van der Waals surface area contributed by atoms with Gasteiger partial charge >= 0.3 is 18.2 Å². The lowest BCUT2D eigenvalue weighted by Crippen LogP contribution is -2.50. The number of sulfonamides is 1. The predicted molar refractivity (Wildman–Crippen MR) is 113 cm³/mol. The van der Waals surface area contributed by atoms with E-state index >= 15 is 0 Å². The number of nitrogens with one attached hydrogen (secondary N) is 1. The van der Waals surface area contributed by atoms with Crippen LogP contribution in [0.4, 0.5) is 18.0 Å². The number of likely N-dealkylation sites (tertiary alicyclic amines) is 1. The fourth-order valence-electron chi connectivity index (χ4n) is 3.56. The summed E-state index contributed by atoms with van der Waals surface area (Å²) in [4.78, 5) is 25.2. The largest absolute Gasteiger partial charge is 0.480 e. The third kappa shape index (κ3) is 5.84. The smallest absolute Gasteiger partial charge is 0.416 e. The molecule has 180 valence electrons. The molecule has 2 aromatic rings. The second-order valence-corrected chi connectivity index (χ2v) is 10.5. The van der Waals surface area contributed by atoms with Gasteiger partial charge in [-0.3, -0.25) is 4.79 Å². The number of nitrogens with zero attached hydrogens (tertiary/aromatic N) is 1. The minimum Gasteiger partial charge on any atom is -0.480 e. The highest BCUT2D eigenvalue weighted by molar-refractivity contribution is 7.91. The van der Waals surface area contributed by atoms with Gasteiger partial charge in [0.2, 0.25) is 0 Å². The van der Waals surface area contributed by atoms with Crippen LogP contribution in [0.2, 0.25) is 0 Å². The Morgan fingerprint density at radius 2 is 1.76 bits per heavy atom. The second kappa shape index (κ2) is 9.69. The Morgan fingerprint density at radius 1 is 1.15 bits per heavy atom. The van der Waals surface area contributed by atoms with Gasteiger partial charge in [0.25, 0.3) is 10.0 Å². The SMILES string of the molecule is COC(=O)N1CCC([C@@H](NS(=O)(=O)c2ccc(-c3ccc(C(F)(F)F)cc3)s2)C(=O)O)CC1. The first-order chi connectivity index (χ1) is 15.4. The van der Waals surface area contributed by atoms with E-state index in [0.717, 1.165) is 23.5 Å². The molecule has 1 atom stereocenters. The molecular weight excluding hydrogens is 485 g/mol. The van der Waals surface area contributed by atoms with Crippen LogP contribution in [-0.4, -0.2) is 56.7 Å². The molecule has 1 saturated heterocycles. The number of carbonyl (C=O) groups excluding carboxylic acids is 1. The molecule has 1 aliphatic heterocycles. The summed E-state index contributed by atoms with van der Waals surface area (Å²) in [5, 5.41) is 9.61. The van der Waals surface area contributed by atoms with Crippen LogP contribution >= 0.6 is 11.3 Å². The van der Waals surface area contributed by atoms with Gasteiger partial charge in [-0.1, -0.05) is 12.1 Å². The number of hydrogen-bond donors (Lipinski definition) is 2. The average molecular weight is 507 g/mol. The number of methoxy groups -OCH3 is 1. The summed E-state index contributed by atoms with van der Waals surface area (Å²) in [7, 11) is -2.97. The van der Waals surface area contributed by atoms with Crippen LogP contribution in [0.1, 0.15) is 18.4 Å². The van der Waals surface area contributed by atoms with Gasteiger partial charge in [0, 0.05) is 18.0 Å². The molecule has 1 aromatic heterocycles. The van der Waals surface area contributed by atoms with Gasteiger partial charge in [-0.25, -0.2) is 13.2 Å². The van der Waals surface area contributed by atoms with Crippen molar-refractivity contribution in [1.29, 1.82) is 0 Å². The highest BCUT2D eigenvalue weighted by Crippen LogP contribution is 2.34. The first-order valence-electron chi connectivity index (χ1n) is 9.78. The van der Waals surface area contributed by atoms with Crippen molar-refractivity contribution >= 4 is 33.4 Å². The zero-order chi connectivity index (χ0) is 24.4. The normalized spacial score (nSPS) is 16.4. The molecule has 0 saturated carbocycles. The van der Waals surface area contributed by atoms with Gasteiger partial charge in [0.1, 0.15) is 10.3 Å². The lowest BCUT2D eigenvalue weighted by Gasteiger charge is -2.33. The van der Waals surface area contributed by atoms with Crippen LogP contribution in [0.5, 0.6) is 0 Å². The van der Waals surface area contributed by atoms with Crippen LogP contribution in [0.3, 0.4) is 0 Å². The number of carboxylic acids is 1. The van der Waals surface area contributed by atoms with E-state index < -0.39 is 45.8 Å². The molecule has 8 nitrogen and oxygen atoms in total. The number of rotatable bonds is 6. The van der Waals surface area contributed by atoms with E-state index in [2.05, 4.69) is 9.46 Å². The summed E-state index contributed by atoms with van der Waals surface area (Å²) in [5.74, 6) is -1.87. The quantitative estimate of drug-likeness (QED) is 0.619. The first-order valence-corrected chi connectivity index (χ1v) is 12.1. The number of aliphatic carboxylic acids is 1. The molecule has 33 heavy (non-hydrogen) atoms. The monoisotopic (exact) mass is 506 g/mol. The Balaban J connectivity index is 1.73. The zero-order valence-corrected chi connectivity index (χ0v) is 19.0. The molecule has 3 rings (SSSR count). The minimum absolute atomic E-state index is 0.157. The fourth-order valence-corrected chi connectivity index (χ4v) is 6.15. The number of alkyl halides is 3.